The Labute approximate surface area is 123 Å². The number of likely N-dealkylation sites (N-methyl/N-ethyl adjacent to an activating group) is 1. The van der Waals surface area contributed by atoms with Gasteiger partial charge in [-0.3, -0.25) is 0 Å². The molecule has 2 rings (SSSR count). The SMILES string of the molecule is C[NH+]1CCN(c2nc(N)c(C#N)c(CC#N)c2C#N)CC1. The molecule has 1 aliphatic heterocycles. The highest BCUT2D eigenvalue weighted by molar-refractivity contribution is 5.68. The molecule has 1 aromatic rings. The third kappa shape index (κ3) is 2.72. The minimum absolute atomic E-state index is 0.0233. The molecule has 1 aliphatic rings. The first-order chi connectivity index (χ1) is 10.1. The lowest BCUT2D eigenvalue weighted by atomic mass is 10.0. The van der Waals surface area contributed by atoms with Crippen molar-refractivity contribution in [2.45, 2.75) is 6.42 Å². The van der Waals surface area contributed by atoms with Crippen LogP contribution in [0, 0.1) is 34.0 Å². The highest BCUT2D eigenvalue weighted by atomic mass is 15.3. The molecule has 3 N–H and O–H groups in total. The van der Waals surface area contributed by atoms with Crippen LogP contribution in [0.25, 0.3) is 0 Å². The predicted octanol–water partition coefficient (Wildman–Crippen LogP) is -1.19. The number of nitrogens with two attached hydrogens (primary N) is 1. The number of hydrogen-bond donors (Lipinski definition) is 2. The van der Waals surface area contributed by atoms with E-state index in [4.69, 9.17) is 11.0 Å². The highest BCUT2D eigenvalue weighted by Gasteiger charge is 2.25. The van der Waals surface area contributed by atoms with Crippen LogP contribution in [0.4, 0.5) is 11.6 Å². The first-order valence-corrected chi connectivity index (χ1v) is 6.68. The Balaban J connectivity index is 2.55. The lowest BCUT2D eigenvalue weighted by Crippen LogP contribution is -3.12. The Bertz CT molecular complexity index is 667. The minimum atomic E-state index is -0.0233. The summed E-state index contributed by atoms with van der Waals surface area (Å²) in [5.41, 5.74) is 6.65. The van der Waals surface area contributed by atoms with Gasteiger partial charge in [0.25, 0.3) is 0 Å². The Hall–Kier alpha value is -2.82. The summed E-state index contributed by atoms with van der Waals surface area (Å²) < 4.78 is 0. The maximum atomic E-state index is 9.44. The van der Waals surface area contributed by atoms with Crippen molar-refractivity contribution >= 4 is 11.6 Å². The van der Waals surface area contributed by atoms with Crippen molar-refractivity contribution in [3.05, 3.63) is 16.7 Å². The first kappa shape index (κ1) is 14.6. The number of pyridine rings is 1. The van der Waals surface area contributed by atoms with Crippen LogP contribution in [0.1, 0.15) is 16.7 Å². The van der Waals surface area contributed by atoms with E-state index >= 15 is 0 Å². The van der Waals surface area contributed by atoms with Gasteiger partial charge in [0.05, 0.1) is 51.3 Å². The number of piperazine rings is 1. The summed E-state index contributed by atoms with van der Waals surface area (Å²) in [5.74, 6) is 0.578. The molecule has 7 nitrogen and oxygen atoms in total. The summed E-state index contributed by atoms with van der Waals surface area (Å²) in [4.78, 5) is 7.67. The van der Waals surface area contributed by atoms with E-state index in [2.05, 4.69) is 18.1 Å². The van der Waals surface area contributed by atoms with Crippen LogP contribution in [0.2, 0.25) is 0 Å². The zero-order valence-electron chi connectivity index (χ0n) is 11.8. The summed E-state index contributed by atoms with van der Waals surface area (Å²) in [6.07, 6.45) is -0.0233. The standard InChI is InChI=1S/C14H15N7/c1-20-4-6-21(7-5-20)14-12(9-17)10(2-3-15)11(8-16)13(18)19-14/h2,4-7H2,1H3,(H2,18,19)/p+1. The van der Waals surface area contributed by atoms with Crippen molar-refractivity contribution in [1.29, 1.82) is 15.8 Å². The van der Waals surface area contributed by atoms with E-state index in [1.807, 2.05) is 17.0 Å². The number of nitrogens with zero attached hydrogens (tertiary/aromatic N) is 5. The molecule has 7 heteroatoms. The molecule has 0 atom stereocenters. The summed E-state index contributed by atoms with van der Waals surface area (Å²) in [6, 6.07) is 6.03. The van der Waals surface area contributed by atoms with Crippen molar-refractivity contribution in [3.63, 3.8) is 0 Å². The molecule has 1 fully saturated rings. The average molecular weight is 282 g/mol. The van der Waals surface area contributed by atoms with Gasteiger partial charge in [-0.2, -0.15) is 15.8 Å². The van der Waals surface area contributed by atoms with E-state index in [0.717, 1.165) is 26.2 Å². The molecule has 0 aromatic carbocycles. The van der Waals surface area contributed by atoms with Crippen LogP contribution in [0.3, 0.4) is 0 Å². The second-order valence-corrected chi connectivity index (χ2v) is 5.05. The van der Waals surface area contributed by atoms with Crippen LogP contribution < -0.4 is 15.5 Å². The third-order valence-corrected chi connectivity index (χ3v) is 3.71. The lowest BCUT2D eigenvalue weighted by molar-refractivity contribution is -0.880. The minimum Gasteiger partial charge on any atom is -0.383 e. The molecule has 0 saturated carbocycles. The fourth-order valence-electron chi connectivity index (χ4n) is 2.47. The lowest BCUT2D eigenvalue weighted by Gasteiger charge is -2.31. The van der Waals surface area contributed by atoms with Gasteiger partial charge in [-0.05, 0) is 0 Å². The molecular formula is C14H16N7+. The summed E-state index contributed by atoms with van der Waals surface area (Å²) >= 11 is 0. The Kier molecular flexibility index (Phi) is 4.23. The normalized spacial score (nSPS) is 15.0. The van der Waals surface area contributed by atoms with E-state index in [0.29, 0.717) is 16.9 Å². The van der Waals surface area contributed by atoms with E-state index in [1.54, 1.807) is 0 Å². The number of nitrogens with one attached hydrogen (secondary N) is 1. The highest BCUT2D eigenvalue weighted by Crippen LogP contribution is 2.27. The Morgan fingerprint density at radius 3 is 2.33 bits per heavy atom. The maximum Gasteiger partial charge on any atom is 0.149 e. The van der Waals surface area contributed by atoms with Gasteiger partial charge in [-0.15, -0.1) is 0 Å². The summed E-state index contributed by atoms with van der Waals surface area (Å²) in [5, 5.41) is 27.6. The van der Waals surface area contributed by atoms with E-state index < -0.39 is 0 Å². The summed E-state index contributed by atoms with van der Waals surface area (Å²) in [7, 11) is 2.12. The molecule has 0 aliphatic carbocycles. The summed E-state index contributed by atoms with van der Waals surface area (Å²) in [6.45, 7) is 3.43. The van der Waals surface area contributed by atoms with Gasteiger partial charge in [0.15, 0.2) is 0 Å². The van der Waals surface area contributed by atoms with Gasteiger partial charge in [0.2, 0.25) is 0 Å². The van der Waals surface area contributed by atoms with E-state index in [-0.39, 0.29) is 17.8 Å². The monoisotopic (exact) mass is 282 g/mol. The van der Waals surface area contributed by atoms with Crippen LogP contribution in [0.5, 0.6) is 0 Å². The second kappa shape index (κ2) is 6.09. The smallest absolute Gasteiger partial charge is 0.149 e. The molecule has 0 unspecified atom stereocenters. The number of hydrogen-bond acceptors (Lipinski definition) is 6. The van der Waals surface area contributed by atoms with Crippen molar-refractivity contribution in [2.24, 2.45) is 0 Å². The van der Waals surface area contributed by atoms with Crippen molar-refractivity contribution in [2.75, 3.05) is 43.9 Å². The van der Waals surface area contributed by atoms with Gasteiger partial charge >= 0.3 is 0 Å². The molecule has 0 spiro atoms. The first-order valence-electron chi connectivity index (χ1n) is 6.68. The third-order valence-electron chi connectivity index (χ3n) is 3.71. The molecule has 0 bridgehead atoms. The number of nitriles is 3. The second-order valence-electron chi connectivity index (χ2n) is 5.05. The van der Waals surface area contributed by atoms with Gasteiger partial charge in [0, 0.05) is 5.56 Å². The average Bonchev–Trinajstić information content (AvgIpc) is 2.48. The largest absolute Gasteiger partial charge is 0.383 e. The molecule has 2 heterocycles. The predicted molar refractivity (Wildman–Crippen MR) is 76.2 cm³/mol. The number of anilines is 2. The molecule has 1 saturated heterocycles. The maximum absolute atomic E-state index is 9.44. The molecular weight excluding hydrogens is 266 g/mol. The van der Waals surface area contributed by atoms with E-state index in [9.17, 15) is 10.5 Å². The Morgan fingerprint density at radius 1 is 1.19 bits per heavy atom. The van der Waals surface area contributed by atoms with Crippen LogP contribution in [0.15, 0.2) is 0 Å². The van der Waals surface area contributed by atoms with Crippen LogP contribution in [-0.2, 0) is 6.42 Å². The molecule has 106 valence electrons. The van der Waals surface area contributed by atoms with E-state index in [1.165, 1.54) is 4.90 Å². The van der Waals surface area contributed by atoms with Gasteiger partial charge in [-0.25, -0.2) is 4.98 Å². The quantitative estimate of drug-likeness (QED) is 0.704. The zero-order valence-corrected chi connectivity index (χ0v) is 11.8. The van der Waals surface area contributed by atoms with Crippen molar-refractivity contribution in [1.82, 2.24) is 4.98 Å². The Morgan fingerprint density at radius 2 is 1.81 bits per heavy atom. The van der Waals surface area contributed by atoms with Crippen LogP contribution in [-0.4, -0.2) is 38.2 Å². The zero-order chi connectivity index (χ0) is 15.4. The number of rotatable bonds is 2. The number of nitrogen functional groups attached to an aromatic ring is 1. The molecule has 21 heavy (non-hydrogen) atoms. The fraction of sp³-hybridized carbons (Fsp3) is 0.429. The van der Waals surface area contributed by atoms with Crippen LogP contribution >= 0.6 is 0 Å². The van der Waals surface area contributed by atoms with Gasteiger partial charge < -0.3 is 15.5 Å². The molecule has 1 aromatic heterocycles. The molecule has 0 amide bonds. The topological polar surface area (TPSA) is 118 Å². The number of quaternary nitrogens is 1. The molecule has 0 radical (unpaired) electrons. The van der Waals surface area contributed by atoms with Gasteiger partial charge in [0.1, 0.15) is 29.3 Å². The van der Waals surface area contributed by atoms with Crippen molar-refractivity contribution in [3.8, 4) is 18.2 Å². The number of aromatic nitrogens is 1. The van der Waals surface area contributed by atoms with Gasteiger partial charge in [-0.1, -0.05) is 0 Å². The van der Waals surface area contributed by atoms with Crippen molar-refractivity contribution < 1.29 is 4.90 Å². The fourth-order valence-corrected chi connectivity index (χ4v) is 2.47.